The zero-order valence-corrected chi connectivity index (χ0v) is 24.6. The zero-order chi connectivity index (χ0) is 29.5. The number of aromatic nitrogens is 3. The molecule has 1 unspecified atom stereocenters. The zero-order valence-electron chi connectivity index (χ0n) is 22.2. The molecule has 1 aliphatic rings. The van der Waals surface area contributed by atoms with Crippen LogP contribution in [-0.2, 0) is 10.5 Å². The Bertz CT molecular complexity index is 1930. The summed E-state index contributed by atoms with van der Waals surface area (Å²) in [6.45, 7) is 3.43. The molecule has 0 aliphatic carbocycles. The predicted molar refractivity (Wildman–Crippen MR) is 162 cm³/mol. The number of nitrogens with zero attached hydrogens (tertiary/aromatic N) is 5. The van der Waals surface area contributed by atoms with Crippen LogP contribution in [0.2, 0.25) is 0 Å². The highest BCUT2D eigenvalue weighted by Crippen LogP contribution is 2.45. The van der Waals surface area contributed by atoms with Crippen LogP contribution in [-0.4, -0.2) is 36.9 Å². The van der Waals surface area contributed by atoms with E-state index in [1.165, 1.54) is 34.9 Å². The quantitative estimate of drug-likeness (QED) is 0.0660. The molecule has 10 nitrogen and oxygen atoms in total. The number of hydrogen-bond acceptors (Lipinski definition) is 11. The summed E-state index contributed by atoms with van der Waals surface area (Å²) in [5, 5.41) is 34.2. The molecule has 0 saturated carbocycles. The average molecular weight is 616 g/mol. The molecule has 3 aromatic carbocycles. The van der Waals surface area contributed by atoms with Gasteiger partial charge in [0, 0.05) is 17.9 Å². The molecule has 1 aliphatic heterocycles. The number of aliphatic hydroxyl groups excluding tert-OH is 1. The van der Waals surface area contributed by atoms with Crippen LogP contribution >= 0.6 is 34.4 Å². The molecular weight excluding hydrogens is 595 g/mol. The number of Topliss-reactive ketones (excluding diaryl/α,β-unsaturated/α-hetero) is 1. The van der Waals surface area contributed by atoms with Crippen molar-refractivity contribution < 1.29 is 19.6 Å². The molecule has 3 heterocycles. The Morgan fingerprint density at radius 3 is 2.60 bits per heavy atom. The van der Waals surface area contributed by atoms with Crippen LogP contribution in [0.25, 0.3) is 10.8 Å². The first-order valence-corrected chi connectivity index (χ1v) is 15.3. The minimum Gasteiger partial charge on any atom is -0.503 e. The van der Waals surface area contributed by atoms with Crippen molar-refractivity contribution in [3.8, 4) is 0 Å². The Morgan fingerprint density at radius 2 is 1.83 bits per heavy atom. The van der Waals surface area contributed by atoms with E-state index < -0.39 is 28.4 Å². The summed E-state index contributed by atoms with van der Waals surface area (Å²) >= 11 is 3.74. The number of thioether (sulfide) groups is 1. The van der Waals surface area contributed by atoms with Gasteiger partial charge in [-0.3, -0.25) is 24.6 Å². The molecule has 0 bridgehead atoms. The number of aryl methyl sites for hydroxylation is 2. The second kappa shape index (κ2) is 11.1. The first-order chi connectivity index (χ1) is 20.2. The number of benzene rings is 3. The largest absolute Gasteiger partial charge is 0.503 e. The maximum atomic E-state index is 13.8. The van der Waals surface area contributed by atoms with E-state index in [-0.39, 0.29) is 26.8 Å². The van der Waals surface area contributed by atoms with E-state index in [4.69, 9.17) is 0 Å². The summed E-state index contributed by atoms with van der Waals surface area (Å²) in [7, 11) is 0. The minimum atomic E-state index is -1.16. The number of carbonyl (C=O) groups is 2. The Morgan fingerprint density at radius 1 is 1.07 bits per heavy atom. The molecule has 2 aromatic heterocycles. The second-order valence-corrected chi connectivity index (χ2v) is 12.8. The highest BCUT2D eigenvalue weighted by molar-refractivity contribution is 8.00. The molecule has 42 heavy (non-hydrogen) atoms. The molecule has 13 heteroatoms. The number of nitro benzene ring substituents is 1. The van der Waals surface area contributed by atoms with Gasteiger partial charge < -0.3 is 5.11 Å². The number of ketones is 1. The van der Waals surface area contributed by atoms with E-state index in [1.54, 1.807) is 19.9 Å². The van der Waals surface area contributed by atoms with Crippen molar-refractivity contribution in [1.29, 1.82) is 0 Å². The number of non-ortho nitro benzene ring substituents is 1. The van der Waals surface area contributed by atoms with Gasteiger partial charge in [0.05, 0.1) is 32.1 Å². The summed E-state index contributed by atoms with van der Waals surface area (Å²) in [6, 6.07) is 18.7. The van der Waals surface area contributed by atoms with E-state index in [2.05, 4.69) is 21.2 Å². The van der Waals surface area contributed by atoms with Crippen LogP contribution in [0.5, 0.6) is 0 Å². The van der Waals surface area contributed by atoms with Crippen molar-refractivity contribution in [3.63, 3.8) is 0 Å². The molecular formula is C29H21N5O5S3. The lowest BCUT2D eigenvalue weighted by molar-refractivity contribution is -0.384. The maximum absolute atomic E-state index is 13.8. The van der Waals surface area contributed by atoms with E-state index >= 15 is 0 Å². The number of hydrogen-bond donors (Lipinski definition) is 1. The first kappa shape index (κ1) is 27.7. The van der Waals surface area contributed by atoms with Crippen LogP contribution in [0.15, 0.2) is 82.4 Å². The number of carbonyl (C=O) groups excluding carboxylic acids is 2. The van der Waals surface area contributed by atoms with E-state index in [9.17, 15) is 24.8 Å². The molecule has 1 N–H and O–H groups in total. The van der Waals surface area contributed by atoms with Gasteiger partial charge in [-0.2, -0.15) is 0 Å². The number of thiazole rings is 1. The van der Waals surface area contributed by atoms with E-state index in [1.807, 2.05) is 36.4 Å². The smallest absolute Gasteiger partial charge is 0.296 e. The summed E-state index contributed by atoms with van der Waals surface area (Å²) in [4.78, 5) is 44.1. The van der Waals surface area contributed by atoms with Gasteiger partial charge in [-0.1, -0.05) is 77.7 Å². The van der Waals surface area contributed by atoms with Gasteiger partial charge in [0.25, 0.3) is 11.6 Å². The van der Waals surface area contributed by atoms with Crippen LogP contribution in [0.1, 0.15) is 37.5 Å². The second-order valence-electron chi connectivity index (χ2n) is 9.45. The van der Waals surface area contributed by atoms with Gasteiger partial charge in [0.1, 0.15) is 0 Å². The lowest BCUT2D eigenvalue weighted by atomic mass is 9.95. The predicted octanol–water partition coefficient (Wildman–Crippen LogP) is 6.75. The van der Waals surface area contributed by atoms with Crippen LogP contribution in [0.4, 0.5) is 10.8 Å². The molecule has 0 spiro atoms. The van der Waals surface area contributed by atoms with Crippen molar-refractivity contribution in [2.75, 3.05) is 4.90 Å². The number of nitro groups is 1. The Hall–Kier alpha value is -4.46. The molecule has 1 atom stereocenters. The highest BCUT2D eigenvalue weighted by Gasteiger charge is 2.47. The molecule has 0 fully saturated rings. The SMILES string of the molecule is Cc1nc(C)c(C(=O)C2=C(O)C(=O)N(c3nnc(SCc4cccc5ccccc45)s3)C2c2cccc([N+](=O)[O-])c2)s1. The van der Waals surface area contributed by atoms with Crippen LogP contribution in [0.3, 0.4) is 0 Å². The fourth-order valence-electron chi connectivity index (χ4n) is 4.94. The van der Waals surface area contributed by atoms with E-state index in [0.717, 1.165) is 39.0 Å². The molecule has 5 aromatic rings. The van der Waals surface area contributed by atoms with Crippen molar-refractivity contribution in [3.05, 3.63) is 115 Å². The van der Waals surface area contributed by atoms with Crippen molar-refractivity contribution in [1.82, 2.24) is 15.2 Å². The number of fused-ring (bicyclic) bond motifs is 1. The van der Waals surface area contributed by atoms with Gasteiger partial charge in [0.15, 0.2) is 10.1 Å². The van der Waals surface area contributed by atoms with Crippen molar-refractivity contribution >= 4 is 67.7 Å². The number of anilines is 1. The fraction of sp³-hybridized carbons (Fsp3) is 0.138. The maximum Gasteiger partial charge on any atom is 0.296 e. The first-order valence-electron chi connectivity index (χ1n) is 12.7. The van der Waals surface area contributed by atoms with Gasteiger partial charge in [-0.15, -0.1) is 21.5 Å². The summed E-state index contributed by atoms with van der Waals surface area (Å²) < 4.78 is 0.580. The normalized spacial score (nSPS) is 15.1. The fourth-order valence-corrected chi connectivity index (χ4v) is 7.68. The third-order valence-electron chi connectivity index (χ3n) is 6.79. The van der Waals surface area contributed by atoms with Gasteiger partial charge in [-0.05, 0) is 35.7 Å². The summed E-state index contributed by atoms with van der Waals surface area (Å²) in [5.41, 5.74) is 1.46. The number of aliphatic hydroxyl groups is 1. The minimum absolute atomic E-state index is 0.156. The van der Waals surface area contributed by atoms with E-state index in [0.29, 0.717) is 20.8 Å². The van der Waals surface area contributed by atoms with Crippen molar-refractivity contribution in [2.24, 2.45) is 0 Å². The lowest BCUT2D eigenvalue weighted by Gasteiger charge is -2.23. The van der Waals surface area contributed by atoms with Gasteiger partial charge in [-0.25, -0.2) is 4.98 Å². The number of amides is 1. The number of rotatable bonds is 8. The highest BCUT2D eigenvalue weighted by atomic mass is 32.2. The monoisotopic (exact) mass is 615 g/mol. The third kappa shape index (κ3) is 4.95. The van der Waals surface area contributed by atoms with Crippen LogP contribution < -0.4 is 4.90 Å². The topological polar surface area (TPSA) is 139 Å². The molecule has 0 radical (unpaired) electrons. The van der Waals surface area contributed by atoms with Gasteiger partial charge in [0.2, 0.25) is 10.9 Å². The Balaban J connectivity index is 1.37. The summed E-state index contributed by atoms with van der Waals surface area (Å²) in [5.74, 6) is -1.54. The molecule has 6 rings (SSSR count). The molecule has 1 amide bonds. The molecule has 0 saturated heterocycles. The summed E-state index contributed by atoms with van der Waals surface area (Å²) in [6.07, 6.45) is 0. The Kier molecular flexibility index (Phi) is 7.31. The van der Waals surface area contributed by atoms with Crippen LogP contribution in [0, 0.1) is 24.0 Å². The Labute approximate surface area is 251 Å². The third-order valence-corrected chi connectivity index (χ3v) is 9.97. The van der Waals surface area contributed by atoms with Gasteiger partial charge >= 0.3 is 0 Å². The standard InChI is InChI=1S/C29H21N5O5S3/c1-15-26(41-16(2)30-15)24(35)22-23(18-9-6-11-20(13-18)34(38)39)33(27(37)25(22)36)28-31-32-29(42-28)40-14-19-10-5-8-17-7-3-4-12-21(17)19/h3-13,23,36H,14H2,1-2H3. The average Bonchev–Trinajstić information content (AvgIpc) is 3.66. The molecule has 210 valence electrons. The van der Waals surface area contributed by atoms with Crippen molar-refractivity contribution in [2.45, 2.75) is 30.0 Å². The lowest BCUT2D eigenvalue weighted by Crippen LogP contribution is -2.31.